The van der Waals surface area contributed by atoms with E-state index in [-0.39, 0.29) is 19.0 Å². The lowest BCUT2D eigenvalue weighted by Crippen LogP contribution is -2.40. The summed E-state index contributed by atoms with van der Waals surface area (Å²) in [6.45, 7) is 2.56. The quantitative estimate of drug-likeness (QED) is 0.702. The van der Waals surface area contributed by atoms with Crippen molar-refractivity contribution in [3.63, 3.8) is 0 Å². The lowest BCUT2D eigenvalue weighted by molar-refractivity contribution is -0.139. The van der Waals surface area contributed by atoms with E-state index in [1.54, 1.807) is 0 Å². The first-order chi connectivity index (χ1) is 9.52. The fourth-order valence-corrected chi connectivity index (χ4v) is 1.69. The van der Waals surface area contributed by atoms with Gasteiger partial charge in [0, 0.05) is 20.2 Å². The number of carboxylic acid groups (broad SMARTS) is 1. The summed E-state index contributed by atoms with van der Waals surface area (Å²) in [7, 11) is 1.42. The van der Waals surface area contributed by atoms with E-state index in [0.717, 1.165) is 11.1 Å². The Hall–Kier alpha value is -2.08. The van der Waals surface area contributed by atoms with Gasteiger partial charge in [0.1, 0.15) is 0 Å². The molecule has 1 atom stereocenters. The van der Waals surface area contributed by atoms with Crippen LogP contribution < -0.4 is 10.6 Å². The zero-order valence-electron chi connectivity index (χ0n) is 11.7. The van der Waals surface area contributed by atoms with E-state index in [4.69, 9.17) is 9.84 Å². The smallest absolute Gasteiger partial charge is 0.315 e. The van der Waals surface area contributed by atoms with Gasteiger partial charge in [-0.05, 0) is 18.1 Å². The van der Waals surface area contributed by atoms with E-state index < -0.39 is 12.1 Å². The van der Waals surface area contributed by atoms with Crippen molar-refractivity contribution in [2.45, 2.75) is 26.0 Å². The third kappa shape index (κ3) is 5.71. The van der Waals surface area contributed by atoms with Gasteiger partial charge in [-0.3, -0.25) is 4.79 Å². The van der Waals surface area contributed by atoms with E-state index in [9.17, 15) is 9.59 Å². The van der Waals surface area contributed by atoms with Gasteiger partial charge in [0.15, 0.2) is 0 Å². The van der Waals surface area contributed by atoms with Crippen molar-refractivity contribution >= 4 is 12.0 Å². The van der Waals surface area contributed by atoms with Crippen molar-refractivity contribution in [1.29, 1.82) is 0 Å². The number of carboxylic acids is 1. The lowest BCUT2D eigenvalue weighted by Gasteiger charge is -2.14. The molecule has 110 valence electrons. The number of amides is 2. The van der Waals surface area contributed by atoms with Crippen LogP contribution in [0, 0.1) is 6.92 Å². The first-order valence-electron chi connectivity index (χ1n) is 6.33. The second-order valence-corrected chi connectivity index (χ2v) is 4.45. The first-order valence-corrected chi connectivity index (χ1v) is 6.33. The average Bonchev–Trinajstić information content (AvgIpc) is 2.42. The molecule has 0 spiro atoms. The summed E-state index contributed by atoms with van der Waals surface area (Å²) in [5, 5.41) is 14.0. The fraction of sp³-hybridized carbons (Fsp3) is 0.429. The average molecular weight is 280 g/mol. The minimum atomic E-state index is -0.959. The molecule has 0 aliphatic carbocycles. The summed E-state index contributed by atoms with van der Waals surface area (Å²) in [6, 6.07) is 7.42. The molecule has 2 amide bonds. The number of carbonyl (C=O) groups is 2. The van der Waals surface area contributed by atoms with Gasteiger partial charge < -0.3 is 20.5 Å². The van der Waals surface area contributed by atoms with Crippen LogP contribution in [0.15, 0.2) is 24.3 Å². The monoisotopic (exact) mass is 280 g/mol. The van der Waals surface area contributed by atoms with Crippen LogP contribution in [0.2, 0.25) is 0 Å². The maximum atomic E-state index is 11.6. The van der Waals surface area contributed by atoms with Crippen LogP contribution in [0.25, 0.3) is 0 Å². The minimum Gasteiger partial charge on any atom is -0.481 e. The van der Waals surface area contributed by atoms with Crippen molar-refractivity contribution < 1.29 is 19.4 Å². The van der Waals surface area contributed by atoms with E-state index in [1.165, 1.54) is 7.11 Å². The topological polar surface area (TPSA) is 87.7 Å². The van der Waals surface area contributed by atoms with Gasteiger partial charge in [-0.1, -0.05) is 24.3 Å². The Morgan fingerprint density at radius 1 is 1.30 bits per heavy atom. The van der Waals surface area contributed by atoms with Crippen LogP contribution in [0.5, 0.6) is 0 Å². The number of methoxy groups -OCH3 is 1. The largest absolute Gasteiger partial charge is 0.481 e. The molecule has 6 heteroatoms. The van der Waals surface area contributed by atoms with E-state index in [1.807, 2.05) is 31.2 Å². The van der Waals surface area contributed by atoms with Gasteiger partial charge in [0.05, 0.1) is 12.5 Å². The van der Waals surface area contributed by atoms with Crippen molar-refractivity contribution in [1.82, 2.24) is 10.6 Å². The highest BCUT2D eigenvalue weighted by Gasteiger charge is 2.13. The number of benzene rings is 1. The highest BCUT2D eigenvalue weighted by Crippen LogP contribution is 2.05. The highest BCUT2D eigenvalue weighted by molar-refractivity contribution is 5.74. The molecule has 1 rings (SSSR count). The molecule has 0 heterocycles. The molecule has 0 bridgehead atoms. The van der Waals surface area contributed by atoms with Gasteiger partial charge in [0.25, 0.3) is 0 Å². The molecule has 0 aliphatic rings. The molecule has 1 aromatic carbocycles. The van der Waals surface area contributed by atoms with Gasteiger partial charge in [-0.2, -0.15) is 0 Å². The van der Waals surface area contributed by atoms with Crippen LogP contribution in [0.3, 0.4) is 0 Å². The van der Waals surface area contributed by atoms with Crippen LogP contribution in [-0.4, -0.2) is 36.9 Å². The molecule has 1 unspecified atom stereocenters. The maximum Gasteiger partial charge on any atom is 0.315 e. The minimum absolute atomic E-state index is 0.144. The number of nitrogens with one attached hydrogen (secondary N) is 2. The standard InChI is InChI=1S/C14H20N2O4/c1-10-5-3-4-6-11(10)8-15-14(19)16-9-12(20-2)7-13(17)18/h3-6,12H,7-9H2,1-2H3,(H,17,18)(H2,15,16,19). The molecule has 0 aromatic heterocycles. The molecule has 0 saturated carbocycles. The summed E-state index contributed by atoms with van der Waals surface area (Å²) in [6.07, 6.45) is -0.675. The van der Waals surface area contributed by atoms with Crippen LogP contribution in [0.4, 0.5) is 4.79 Å². The molecule has 20 heavy (non-hydrogen) atoms. The summed E-state index contributed by atoms with van der Waals surface area (Å²) in [5.41, 5.74) is 2.14. The fourth-order valence-electron chi connectivity index (χ4n) is 1.69. The summed E-state index contributed by atoms with van der Waals surface area (Å²) in [4.78, 5) is 22.2. The zero-order chi connectivity index (χ0) is 15.0. The Morgan fingerprint density at radius 3 is 2.60 bits per heavy atom. The Bertz CT molecular complexity index is 462. The number of urea groups is 1. The Balaban J connectivity index is 2.33. The molecule has 0 radical (unpaired) electrons. The van der Waals surface area contributed by atoms with Gasteiger partial charge >= 0.3 is 12.0 Å². The normalized spacial score (nSPS) is 11.7. The highest BCUT2D eigenvalue weighted by atomic mass is 16.5. The predicted octanol–water partition coefficient (Wildman–Crippen LogP) is 1.28. The van der Waals surface area contributed by atoms with Gasteiger partial charge in [0.2, 0.25) is 0 Å². The van der Waals surface area contributed by atoms with Crippen LogP contribution in [-0.2, 0) is 16.1 Å². The van der Waals surface area contributed by atoms with E-state index >= 15 is 0 Å². The Kier molecular flexibility index (Phi) is 6.52. The van der Waals surface area contributed by atoms with Crippen molar-refractivity contribution in [2.75, 3.05) is 13.7 Å². The van der Waals surface area contributed by atoms with E-state index in [2.05, 4.69) is 10.6 Å². The third-order valence-corrected chi connectivity index (χ3v) is 2.93. The number of hydrogen-bond donors (Lipinski definition) is 3. The number of carbonyl (C=O) groups excluding carboxylic acids is 1. The van der Waals surface area contributed by atoms with Crippen LogP contribution >= 0.6 is 0 Å². The molecule has 3 N–H and O–H groups in total. The van der Waals surface area contributed by atoms with Crippen molar-refractivity contribution in [2.24, 2.45) is 0 Å². The molecule has 0 fully saturated rings. The molecule has 0 aliphatic heterocycles. The van der Waals surface area contributed by atoms with Gasteiger partial charge in [-0.25, -0.2) is 4.79 Å². The maximum absolute atomic E-state index is 11.6. The number of hydrogen-bond acceptors (Lipinski definition) is 3. The van der Waals surface area contributed by atoms with Crippen LogP contribution in [0.1, 0.15) is 17.5 Å². The zero-order valence-corrected chi connectivity index (χ0v) is 11.7. The third-order valence-electron chi connectivity index (χ3n) is 2.93. The number of aliphatic carboxylic acids is 1. The molecule has 6 nitrogen and oxygen atoms in total. The molecule has 1 aromatic rings. The predicted molar refractivity (Wildman–Crippen MR) is 74.5 cm³/mol. The number of aryl methyl sites for hydroxylation is 1. The van der Waals surface area contributed by atoms with Gasteiger partial charge in [-0.15, -0.1) is 0 Å². The SMILES string of the molecule is COC(CNC(=O)NCc1ccccc1C)CC(=O)O. The first kappa shape index (κ1) is 16.0. The molecule has 0 saturated heterocycles. The second-order valence-electron chi connectivity index (χ2n) is 4.45. The molecular formula is C14H20N2O4. The summed E-state index contributed by atoms with van der Waals surface area (Å²) < 4.78 is 4.97. The van der Waals surface area contributed by atoms with E-state index in [0.29, 0.717) is 6.54 Å². The number of ether oxygens (including phenoxy) is 1. The summed E-state index contributed by atoms with van der Waals surface area (Å²) in [5.74, 6) is -0.959. The van der Waals surface area contributed by atoms with Crippen molar-refractivity contribution in [3.05, 3.63) is 35.4 Å². The Morgan fingerprint density at radius 2 is 2.00 bits per heavy atom. The summed E-state index contributed by atoms with van der Waals surface area (Å²) >= 11 is 0. The molecular weight excluding hydrogens is 260 g/mol. The number of rotatable bonds is 7. The van der Waals surface area contributed by atoms with Crippen molar-refractivity contribution in [3.8, 4) is 0 Å². The second kappa shape index (κ2) is 8.16. The lowest BCUT2D eigenvalue weighted by atomic mass is 10.1. The Labute approximate surface area is 118 Å².